The minimum atomic E-state index is -0.237. The molecule has 0 aromatic heterocycles. The van der Waals surface area contributed by atoms with E-state index in [1.54, 1.807) is 0 Å². The van der Waals surface area contributed by atoms with Gasteiger partial charge in [-0.2, -0.15) is 0 Å². The number of hydrogen-bond donors (Lipinski definition) is 3. The van der Waals surface area contributed by atoms with Gasteiger partial charge in [0, 0.05) is 21.5 Å². The molecule has 1 N–H and O–H groups in total. The van der Waals surface area contributed by atoms with Gasteiger partial charge in [-0.15, -0.1) is 0 Å². The highest BCUT2D eigenvalue weighted by Crippen LogP contribution is 2.46. The van der Waals surface area contributed by atoms with Crippen molar-refractivity contribution in [1.82, 2.24) is 4.72 Å². The minimum absolute atomic E-state index is 0.110. The summed E-state index contributed by atoms with van der Waals surface area (Å²) in [5, 5.41) is 1.26. The summed E-state index contributed by atoms with van der Waals surface area (Å²) < 4.78 is 37.1. The lowest BCUT2D eigenvalue weighted by Crippen LogP contribution is -2.20. The summed E-state index contributed by atoms with van der Waals surface area (Å²) in [4.78, 5) is 0. The number of alkyl halides is 1. The van der Waals surface area contributed by atoms with Crippen molar-refractivity contribution in [2.45, 2.75) is 64.4 Å². The van der Waals surface area contributed by atoms with Crippen molar-refractivity contribution in [3.8, 4) is 0 Å². The number of hydrogen-bond acceptors (Lipinski definition) is 4. The lowest BCUT2D eigenvalue weighted by atomic mass is 9.76. The molecular formula is C33H37Cl2FN2O2S2. The first-order valence-electron chi connectivity index (χ1n) is 14.7. The van der Waals surface area contributed by atoms with E-state index in [0.29, 0.717) is 28.2 Å². The van der Waals surface area contributed by atoms with Crippen LogP contribution in [0.3, 0.4) is 0 Å². The lowest BCUT2D eigenvalue weighted by Gasteiger charge is -2.30. The second-order valence-corrected chi connectivity index (χ2v) is 12.9. The molecule has 42 heavy (non-hydrogen) atoms. The summed E-state index contributed by atoms with van der Waals surface area (Å²) in [7, 11) is 0. The standard InChI is InChI=1S/C33H37Cl2FN2O2S2/c1-20-16-25(40-26-10-7-21(17-26)4-3-15-36)11-14-27(20)32-28-12-8-23(33(37-41)38-42-39)18-22(28)5-2-6-30(32)29-13-9-24(34)19-31(29)35/h8-9,11-14,16,18-21,26-27,41-42H,2-7,10,15,17H2,1H3,(H,37,38,39)/t20?,21?,26-,27?/m0/s1. The number of benzene rings is 2. The molecule has 2 aromatic rings. The van der Waals surface area contributed by atoms with Gasteiger partial charge in [0.05, 0.1) is 12.8 Å². The highest BCUT2D eigenvalue weighted by molar-refractivity contribution is 7.79. The Hall–Kier alpha value is -2.06. The highest BCUT2D eigenvalue weighted by atomic mass is 35.5. The van der Waals surface area contributed by atoms with Gasteiger partial charge in [-0.25, -0.2) is 8.61 Å². The largest absolute Gasteiger partial charge is 0.491 e. The van der Waals surface area contributed by atoms with Crippen molar-refractivity contribution in [2.24, 2.45) is 22.2 Å². The third kappa shape index (κ3) is 7.18. The quantitative estimate of drug-likeness (QED) is 0.145. The van der Waals surface area contributed by atoms with Gasteiger partial charge in [0.15, 0.2) is 5.84 Å². The molecule has 4 atom stereocenters. The molecular weight excluding hydrogens is 610 g/mol. The zero-order valence-corrected chi connectivity index (χ0v) is 27.0. The lowest BCUT2D eigenvalue weighted by molar-refractivity contribution is 0.123. The average molecular weight is 648 g/mol. The normalized spacial score (nSPS) is 24.3. The maximum atomic E-state index is 12.7. The zero-order chi connectivity index (χ0) is 29.6. The van der Waals surface area contributed by atoms with E-state index in [9.17, 15) is 8.60 Å². The van der Waals surface area contributed by atoms with E-state index >= 15 is 0 Å². The van der Waals surface area contributed by atoms with Crippen molar-refractivity contribution < 1.29 is 13.3 Å². The molecule has 0 bridgehead atoms. The van der Waals surface area contributed by atoms with Crippen molar-refractivity contribution in [2.75, 3.05) is 6.67 Å². The van der Waals surface area contributed by atoms with Crippen LogP contribution in [0.5, 0.6) is 0 Å². The second-order valence-electron chi connectivity index (χ2n) is 11.5. The predicted molar refractivity (Wildman–Crippen MR) is 178 cm³/mol. The van der Waals surface area contributed by atoms with Crippen LogP contribution in [0.1, 0.15) is 74.1 Å². The molecule has 2 aromatic carbocycles. The molecule has 0 saturated heterocycles. The van der Waals surface area contributed by atoms with Gasteiger partial charge in [0.25, 0.3) is 0 Å². The topological polar surface area (TPSA) is 50.7 Å². The number of halogens is 3. The summed E-state index contributed by atoms with van der Waals surface area (Å²) in [6.45, 7) is 2.01. The molecule has 3 unspecified atom stereocenters. The Kier molecular flexibility index (Phi) is 10.9. The van der Waals surface area contributed by atoms with Crippen LogP contribution in [0.15, 0.2) is 64.8 Å². The Labute approximate surface area is 267 Å². The molecule has 3 aliphatic carbocycles. The fourth-order valence-corrected chi connectivity index (χ4v) is 7.76. The summed E-state index contributed by atoms with van der Waals surface area (Å²) in [5.74, 6) is 2.24. The number of ether oxygens (including phenoxy) is 1. The number of amidine groups is 1. The number of aryl methyl sites for hydroxylation is 1. The average Bonchev–Trinajstić information content (AvgIpc) is 3.34. The summed E-state index contributed by atoms with van der Waals surface area (Å²) in [6.07, 6.45) is 14.3. The molecule has 0 aliphatic heterocycles. The van der Waals surface area contributed by atoms with Crippen molar-refractivity contribution in [3.05, 3.63) is 92.7 Å². The van der Waals surface area contributed by atoms with E-state index in [2.05, 4.69) is 59.2 Å². The number of thiol groups is 2. The molecule has 224 valence electrons. The van der Waals surface area contributed by atoms with E-state index in [-0.39, 0.29) is 36.5 Å². The Morgan fingerprint density at radius 3 is 2.74 bits per heavy atom. The monoisotopic (exact) mass is 646 g/mol. The number of rotatable bonds is 9. The van der Waals surface area contributed by atoms with E-state index in [4.69, 9.17) is 27.9 Å². The van der Waals surface area contributed by atoms with Gasteiger partial charge in [0.1, 0.15) is 17.6 Å². The summed E-state index contributed by atoms with van der Waals surface area (Å²) >= 11 is 16.9. The first kappa shape index (κ1) is 31.4. The molecule has 3 aliphatic rings. The van der Waals surface area contributed by atoms with Gasteiger partial charge in [-0.3, -0.25) is 9.11 Å². The molecule has 1 saturated carbocycles. The van der Waals surface area contributed by atoms with Crippen LogP contribution in [0.25, 0.3) is 11.1 Å². The van der Waals surface area contributed by atoms with Crippen LogP contribution in [0, 0.1) is 17.8 Å². The van der Waals surface area contributed by atoms with E-state index in [1.165, 1.54) is 22.3 Å². The van der Waals surface area contributed by atoms with Gasteiger partial charge in [-0.05, 0) is 134 Å². The Morgan fingerprint density at radius 1 is 1.17 bits per heavy atom. The van der Waals surface area contributed by atoms with Crippen molar-refractivity contribution in [3.63, 3.8) is 0 Å². The SMILES string of the molecule is CC1C=C(O[C@H]2CCC(CCCF)C2)C=CC1C1=C(c2ccc(Cl)cc2Cl)CCCc2cc(/C(=N/S)N[SH]=O)ccc21. The molecule has 5 rings (SSSR count). The van der Waals surface area contributed by atoms with Crippen LogP contribution in [0.2, 0.25) is 10.0 Å². The van der Waals surface area contributed by atoms with Crippen LogP contribution >= 0.6 is 36.0 Å². The van der Waals surface area contributed by atoms with Crippen LogP contribution < -0.4 is 4.72 Å². The van der Waals surface area contributed by atoms with Crippen molar-refractivity contribution >= 4 is 64.9 Å². The second kappa shape index (κ2) is 14.6. The van der Waals surface area contributed by atoms with E-state index < -0.39 is 0 Å². The molecule has 1 fully saturated rings. The van der Waals surface area contributed by atoms with Gasteiger partial charge < -0.3 is 4.74 Å². The molecule has 0 spiro atoms. The third-order valence-electron chi connectivity index (χ3n) is 8.71. The number of fused-ring (bicyclic) bond motifs is 1. The smallest absolute Gasteiger partial charge is 0.152 e. The van der Waals surface area contributed by atoms with Gasteiger partial charge in [0.2, 0.25) is 0 Å². The maximum Gasteiger partial charge on any atom is 0.152 e. The van der Waals surface area contributed by atoms with E-state index in [1.807, 2.05) is 24.3 Å². The van der Waals surface area contributed by atoms with Crippen molar-refractivity contribution in [1.29, 1.82) is 0 Å². The van der Waals surface area contributed by atoms with Crippen LogP contribution in [0.4, 0.5) is 4.39 Å². The molecule has 4 nitrogen and oxygen atoms in total. The highest BCUT2D eigenvalue weighted by Gasteiger charge is 2.31. The van der Waals surface area contributed by atoms with Gasteiger partial charge >= 0.3 is 0 Å². The first-order chi connectivity index (χ1) is 20.4. The zero-order valence-electron chi connectivity index (χ0n) is 23.7. The molecule has 0 radical (unpaired) electrons. The first-order valence-corrected chi connectivity index (χ1v) is 16.6. The molecule has 0 amide bonds. The number of nitrogens with zero attached hydrogens (tertiary/aromatic N) is 1. The molecule has 9 heteroatoms. The van der Waals surface area contributed by atoms with E-state index in [0.717, 1.165) is 61.8 Å². The Morgan fingerprint density at radius 2 is 2.00 bits per heavy atom. The minimum Gasteiger partial charge on any atom is -0.491 e. The van der Waals surface area contributed by atoms with Crippen LogP contribution in [-0.4, -0.2) is 22.8 Å². The summed E-state index contributed by atoms with van der Waals surface area (Å²) in [6, 6.07) is 12.0. The predicted octanol–water partition coefficient (Wildman–Crippen LogP) is 8.92. The Bertz CT molecular complexity index is 1440. The maximum absolute atomic E-state index is 12.7. The van der Waals surface area contributed by atoms with Gasteiger partial charge in [-0.1, -0.05) is 54.4 Å². The molecule has 0 heterocycles. The summed E-state index contributed by atoms with van der Waals surface area (Å²) in [5.41, 5.74) is 6.72. The fraction of sp³-hybridized carbons (Fsp3) is 0.424. The third-order valence-corrected chi connectivity index (χ3v) is 9.76. The number of nitrogens with one attached hydrogen (secondary N) is 1. The number of allylic oxidation sites excluding steroid dienone is 5. The van der Waals surface area contributed by atoms with Crippen LogP contribution in [-0.2, 0) is 23.0 Å². The Balaban J connectivity index is 1.50. The fourth-order valence-electron chi connectivity index (χ4n) is 6.73.